The molecule has 0 radical (unpaired) electrons. The van der Waals surface area contributed by atoms with Gasteiger partial charge in [0, 0.05) is 57.8 Å². The van der Waals surface area contributed by atoms with Crippen LogP contribution in [0, 0.1) is 5.92 Å². The van der Waals surface area contributed by atoms with E-state index in [1.807, 2.05) is 39.5 Å². The summed E-state index contributed by atoms with van der Waals surface area (Å²) in [5.74, 6) is 0.0501. The minimum absolute atomic E-state index is 0.0480. The molecule has 4 heterocycles. The van der Waals surface area contributed by atoms with Crippen LogP contribution in [0.4, 0.5) is 5.69 Å². The Morgan fingerprint density at radius 2 is 1.89 bits per heavy atom. The number of aromatic nitrogens is 2. The van der Waals surface area contributed by atoms with Gasteiger partial charge in [-0.25, -0.2) is 0 Å². The summed E-state index contributed by atoms with van der Waals surface area (Å²) < 4.78 is 4.54. The topological polar surface area (TPSA) is 92.2 Å². The Balaban J connectivity index is 1.31. The average Bonchev–Trinajstić information content (AvgIpc) is 3.13. The van der Waals surface area contributed by atoms with Crippen LogP contribution < -0.4 is 5.56 Å². The Hall–Kier alpha value is -3.27. The zero-order chi connectivity index (χ0) is 25.7. The second-order valence-corrected chi connectivity index (χ2v) is 11.0. The van der Waals surface area contributed by atoms with Gasteiger partial charge in [-0.2, -0.15) is 0 Å². The largest absolute Gasteiger partial charge is 0.493 e. The van der Waals surface area contributed by atoms with E-state index in [1.165, 1.54) is 0 Å². The number of piperidine rings is 1. The second-order valence-electron chi connectivity index (χ2n) is 9.65. The molecule has 2 aliphatic heterocycles. The number of carbonyl (C=O) groups excluding carboxylic acids is 1. The normalized spacial score (nSPS) is 19.4. The van der Waals surface area contributed by atoms with Crippen LogP contribution in [0.1, 0.15) is 28.4 Å². The van der Waals surface area contributed by atoms with E-state index < -0.39 is 5.91 Å². The number of aromatic hydroxyl groups is 1. The molecule has 1 saturated heterocycles. The average molecular weight is 581 g/mol. The number of rotatable bonds is 4. The first-order valence-corrected chi connectivity index (χ1v) is 13.2. The molecule has 0 unspecified atom stereocenters. The summed E-state index contributed by atoms with van der Waals surface area (Å²) in [7, 11) is 0. The minimum Gasteiger partial charge on any atom is -0.493 e. The summed E-state index contributed by atoms with van der Waals surface area (Å²) in [5.41, 5.74) is 2.53. The summed E-state index contributed by atoms with van der Waals surface area (Å²) in [6.07, 6.45) is 1.05. The van der Waals surface area contributed by atoms with E-state index in [1.54, 1.807) is 30.3 Å². The highest BCUT2D eigenvalue weighted by molar-refractivity contribution is 9.10. The zero-order valence-corrected chi connectivity index (χ0v) is 22.1. The van der Waals surface area contributed by atoms with E-state index in [9.17, 15) is 14.7 Å². The molecule has 0 saturated carbocycles. The van der Waals surface area contributed by atoms with Crippen molar-refractivity contribution in [1.82, 2.24) is 14.0 Å². The third kappa shape index (κ3) is 4.52. The third-order valence-corrected chi connectivity index (χ3v) is 7.95. The lowest BCUT2D eigenvalue weighted by molar-refractivity contribution is 0.0922. The Morgan fingerprint density at radius 1 is 1.08 bits per heavy atom. The Kier molecular flexibility index (Phi) is 6.22. The molecule has 0 spiro atoms. The molecular weight excluding hydrogens is 558 g/mol. The standard InChI is InChI=1S/C27H23BrClN5O3/c28-19-6-9-23-21(11-19)25(30-31-26(36)17-4-7-20(29)8-5-17)27(37)34(23)15-32-12-16-10-18(14-32)22-2-1-3-24(35)33(22)13-16/h1-9,11,16,18,37H,10,12-15H2/t16-,18-/m1/s1. The monoisotopic (exact) mass is 579 g/mol. The number of carbonyl (C=O) groups is 1. The molecule has 1 amide bonds. The molecule has 6 rings (SSSR count). The van der Waals surface area contributed by atoms with Gasteiger partial charge < -0.3 is 9.67 Å². The zero-order valence-electron chi connectivity index (χ0n) is 19.7. The molecule has 8 nitrogen and oxygen atoms in total. The summed E-state index contributed by atoms with van der Waals surface area (Å²) in [5, 5.41) is 20.5. The van der Waals surface area contributed by atoms with Gasteiger partial charge in [-0.3, -0.25) is 19.1 Å². The van der Waals surface area contributed by atoms with Crippen molar-refractivity contribution < 1.29 is 9.90 Å². The minimum atomic E-state index is -0.523. The Morgan fingerprint density at radius 3 is 2.70 bits per heavy atom. The van der Waals surface area contributed by atoms with Crippen molar-refractivity contribution in [2.24, 2.45) is 16.1 Å². The molecule has 2 aromatic carbocycles. The molecule has 1 N–H and O–H groups in total. The number of likely N-dealkylation sites (tertiary alicyclic amines) is 1. The van der Waals surface area contributed by atoms with Gasteiger partial charge in [0.15, 0.2) is 5.69 Å². The molecule has 2 atom stereocenters. The smallest absolute Gasteiger partial charge is 0.295 e. The lowest BCUT2D eigenvalue weighted by atomic mass is 9.83. The Bertz CT molecular complexity index is 1610. The van der Waals surface area contributed by atoms with Gasteiger partial charge in [-0.05, 0) is 60.9 Å². The van der Waals surface area contributed by atoms with Crippen LogP contribution in [0.25, 0.3) is 10.9 Å². The summed E-state index contributed by atoms with van der Waals surface area (Å²) >= 11 is 9.41. The Labute approximate surface area is 225 Å². The highest BCUT2D eigenvalue weighted by atomic mass is 79.9. The molecule has 37 heavy (non-hydrogen) atoms. The quantitative estimate of drug-likeness (QED) is 0.303. The van der Waals surface area contributed by atoms with Crippen LogP contribution >= 0.6 is 27.5 Å². The molecule has 1 fully saturated rings. The first-order chi connectivity index (χ1) is 17.9. The van der Waals surface area contributed by atoms with Crippen LogP contribution in [0.15, 0.2) is 80.2 Å². The van der Waals surface area contributed by atoms with Crippen LogP contribution in [-0.2, 0) is 13.2 Å². The summed E-state index contributed by atoms with van der Waals surface area (Å²) in [6.45, 7) is 2.76. The number of benzene rings is 2. The molecule has 10 heteroatoms. The first-order valence-electron chi connectivity index (χ1n) is 12.0. The number of fused-ring (bicyclic) bond motifs is 5. The fourth-order valence-electron chi connectivity index (χ4n) is 5.59. The van der Waals surface area contributed by atoms with Crippen LogP contribution in [0.5, 0.6) is 5.88 Å². The second kappa shape index (κ2) is 9.55. The summed E-state index contributed by atoms with van der Waals surface area (Å²) in [4.78, 5) is 27.2. The van der Waals surface area contributed by atoms with Gasteiger partial charge in [0.2, 0.25) is 5.88 Å². The highest BCUT2D eigenvalue weighted by Gasteiger charge is 2.35. The number of hydrogen-bond acceptors (Lipinski definition) is 5. The van der Waals surface area contributed by atoms with Gasteiger partial charge in [-0.1, -0.05) is 33.6 Å². The van der Waals surface area contributed by atoms with Gasteiger partial charge in [0.25, 0.3) is 11.5 Å². The lowest BCUT2D eigenvalue weighted by Crippen LogP contribution is -2.47. The number of hydrogen-bond donors (Lipinski definition) is 1. The van der Waals surface area contributed by atoms with E-state index >= 15 is 0 Å². The molecule has 4 aromatic rings. The van der Waals surface area contributed by atoms with Gasteiger partial charge in [0.1, 0.15) is 0 Å². The predicted octanol–water partition coefficient (Wildman–Crippen LogP) is 5.93. The number of pyridine rings is 1. The van der Waals surface area contributed by atoms with Crippen LogP contribution in [0.2, 0.25) is 5.02 Å². The molecule has 2 aliphatic rings. The number of azo groups is 1. The van der Waals surface area contributed by atoms with E-state index in [-0.39, 0.29) is 23.0 Å². The van der Waals surface area contributed by atoms with Crippen molar-refractivity contribution in [3.63, 3.8) is 0 Å². The van der Waals surface area contributed by atoms with Crippen molar-refractivity contribution in [3.8, 4) is 5.88 Å². The molecule has 2 aromatic heterocycles. The van der Waals surface area contributed by atoms with Gasteiger partial charge >= 0.3 is 0 Å². The van der Waals surface area contributed by atoms with E-state index in [4.69, 9.17) is 11.6 Å². The van der Waals surface area contributed by atoms with Crippen LogP contribution in [-0.4, -0.2) is 38.1 Å². The molecule has 2 bridgehead atoms. The molecular formula is C27H23BrClN5O3. The predicted molar refractivity (Wildman–Crippen MR) is 145 cm³/mol. The third-order valence-electron chi connectivity index (χ3n) is 7.20. The fraction of sp³-hybridized carbons (Fsp3) is 0.259. The van der Waals surface area contributed by atoms with Crippen molar-refractivity contribution >= 4 is 50.0 Å². The van der Waals surface area contributed by atoms with Crippen molar-refractivity contribution in [2.75, 3.05) is 13.1 Å². The van der Waals surface area contributed by atoms with Gasteiger partial charge in [0.05, 0.1) is 12.2 Å². The van der Waals surface area contributed by atoms with Crippen molar-refractivity contribution in [1.29, 1.82) is 0 Å². The molecule has 188 valence electrons. The van der Waals surface area contributed by atoms with Gasteiger partial charge in [-0.15, -0.1) is 10.2 Å². The lowest BCUT2D eigenvalue weighted by Gasteiger charge is -2.42. The summed E-state index contributed by atoms with van der Waals surface area (Å²) in [6, 6.07) is 17.6. The molecule has 0 aliphatic carbocycles. The number of amides is 1. The fourth-order valence-corrected chi connectivity index (χ4v) is 6.08. The maximum Gasteiger partial charge on any atom is 0.295 e. The van der Waals surface area contributed by atoms with E-state index in [2.05, 4.69) is 31.1 Å². The first kappa shape index (κ1) is 24.1. The number of halogens is 2. The van der Waals surface area contributed by atoms with Crippen molar-refractivity contribution in [2.45, 2.75) is 25.6 Å². The maximum absolute atomic E-state index is 12.6. The van der Waals surface area contributed by atoms with E-state index in [0.29, 0.717) is 35.1 Å². The maximum atomic E-state index is 12.6. The SMILES string of the molecule is O=C(N=Nc1c(O)n(CN2C[C@H]3C[C@H](C2)c2cccc(=O)n2C3)c2ccc(Br)cc12)c1ccc(Cl)cc1. The number of nitrogens with zero attached hydrogens (tertiary/aromatic N) is 5. The van der Waals surface area contributed by atoms with Crippen molar-refractivity contribution in [3.05, 3.63) is 91.8 Å². The van der Waals surface area contributed by atoms with E-state index in [0.717, 1.165) is 35.2 Å². The highest BCUT2D eigenvalue weighted by Crippen LogP contribution is 2.41. The van der Waals surface area contributed by atoms with Crippen LogP contribution in [0.3, 0.4) is 0 Å².